The number of likely N-dealkylation sites (N-methyl/N-ethyl adjacent to an activating group) is 1. The third-order valence-electron chi connectivity index (χ3n) is 2.51. The van der Waals surface area contributed by atoms with Crippen molar-refractivity contribution >= 4 is 17.4 Å². The summed E-state index contributed by atoms with van der Waals surface area (Å²) in [6.07, 6.45) is 4.07. The Kier molecular flexibility index (Phi) is 4.61. The summed E-state index contributed by atoms with van der Waals surface area (Å²) >= 11 is 1.61. The number of halogens is 1. The van der Waals surface area contributed by atoms with E-state index in [1.54, 1.807) is 23.5 Å². The number of rotatable bonds is 5. The maximum atomic E-state index is 12.7. The molecule has 2 nitrogen and oxygen atoms in total. The number of thiazole rings is 1. The van der Waals surface area contributed by atoms with E-state index in [1.807, 2.05) is 18.6 Å². The zero-order valence-corrected chi connectivity index (χ0v) is 11.0. The first-order chi connectivity index (χ1) is 8.74. The van der Waals surface area contributed by atoms with Crippen molar-refractivity contribution in [1.82, 2.24) is 9.88 Å². The van der Waals surface area contributed by atoms with Gasteiger partial charge in [0, 0.05) is 18.5 Å². The first-order valence-corrected chi connectivity index (χ1v) is 6.66. The number of nitrogens with zero attached hydrogens (tertiary/aromatic N) is 2. The lowest BCUT2D eigenvalue weighted by molar-refractivity contribution is 0.360. The summed E-state index contributed by atoms with van der Waals surface area (Å²) in [6, 6.07) is 6.48. The summed E-state index contributed by atoms with van der Waals surface area (Å²) in [7, 11) is 2.05. The fourth-order valence-electron chi connectivity index (χ4n) is 1.60. The molecule has 1 aromatic heterocycles. The molecule has 18 heavy (non-hydrogen) atoms. The second-order valence-electron chi connectivity index (χ2n) is 4.13. The molecule has 2 aromatic rings. The molecule has 0 N–H and O–H groups in total. The van der Waals surface area contributed by atoms with Crippen LogP contribution >= 0.6 is 11.3 Å². The highest BCUT2D eigenvalue weighted by Crippen LogP contribution is 2.06. The minimum Gasteiger partial charge on any atom is -0.297 e. The fourth-order valence-corrected chi connectivity index (χ4v) is 2.15. The van der Waals surface area contributed by atoms with E-state index in [4.69, 9.17) is 0 Å². The average Bonchev–Trinajstić information content (AvgIpc) is 2.84. The van der Waals surface area contributed by atoms with Gasteiger partial charge in [-0.1, -0.05) is 24.3 Å². The van der Waals surface area contributed by atoms with Crippen LogP contribution in [0.1, 0.15) is 11.3 Å². The van der Waals surface area contributed by atoms with Crippen LogP contribution in [0.15, 0.2) is 41.2 Å². The smallest absolute Gasteiger partial charge is 0.123 e. The lowest BCUT2D eigenvalue weighted by Gasteiger charge is -2.11. The molecule has 0 saturated heterocycles. The summed E-state index contributed by atoms with van der Waals surface area (Å²) in [4.78, 5) is 6.42. The lowest BCUT2D eigenvalue weighted by atomic mass is 10.2. The summed E-state index contributed by atoms with van der Waals surface area (Å²) < 4.78 is 12.7. The minimum absolute atomic E-state index is 0.201. The second-order valence-corrected chi connectivity index (χ2v) is 4.85. The highest BCUT2D eigenvalue weighted by atomic mass is 32.1. The molecule has 0 spiro atoms. The highest BCUT2D eigenvalue weighted by molar-refractivity contribution is 7.07. The Morgan fingerprint density at radius 1 is 1.33 bits per heavy atom. The summed E-state index contributed by atoms with van der Waals surface area (Å²) in [5, 5.41) is 2.06. The Bertz CT molecular complexity index is 491. The van der Waals surface area contributed by atoms with Crippen molar-refractivity contribution in [3.8, 4) is 0 Å². The van der Waals surface area contributed by atoms with Crippen molar-refractivity contribution < 1.29 is 4.39 Å². The van der Waals surface area contributed by atoms with Crippen molar-refractivity contribution in [3.05, 3.63) is 58.3 Å². The van der Waals surface area contributed by atoms with Crippen LogP contribution in [0.5, 0.6) is 0 Å². The Hall–Kier alpha value is -1.52. The highest BCUT2D eigenvalue weighted by Gasteiger charge is 1.99. The van der Waals surface area contributed by atoms with Crippen LogP contribution in [-0.2, 0) is 6.54 Å². The molecular formula is C14H15FN2S. The number of hydrogen-bond acceptors (Lipinski definition) is 3. The molecule has 0 fully saturated rings. The standard InChI is InChI=1S/C14H15FN2S/c1-17(9-14-10-18-11-16-14)8-2-3-12-4-6-13(15)7-5-12/h2-7,10-11H,8-9H2,1H3. The number of hydrogen-bond donors (Lipinski definition) is 0. The van der Waals surface area contributed by atoms with Crippen LogP contribution in [0.2, 0.25) is 0 Å². The van der Waals surface area contributed by atoms with Crippen molar-refractivity contribution in [2.45, 2.75) is 6.54 Å². The molecule has 0 aliphatic rings. The van der Waals surface area contributed by atoms with Gasteiger partial charge in [-0.05, 0) is 24.7 Å². The van der Waals surface area contributed by atoms with Crippen LogP contribution in [-0.4, -0.2) is 23.5 Å². The normalized spacial score (nSPS) is 11.5. The zero-order valence-electron chi connectivity index (χ0n) is 10.2. The summed E-state index contributed by atoms with van der Waals surface area (Å²) in [5.41, 5.74) is 3.95. The van der Waals surface area contributed by atoms with Gasteiger partial charge in [0.05, 0.1) is 11.2 Å². The van der Waals surface area contributed by atoms with Gasteiger partial charge in [0.1, 0.15) is 5.82 Å². The second kappa shape index (κ2) is 6.42. The molecule has 2 rings (SSSR count). The molecule has 1 aromatic carbocycles. The van der Waals surface area contributed by atoms with Crippen molar-refractivity contribution in [1.29, 1.82) is 0 Å². The number of aromatic nitrogens is 1. The molecule has 0 atom stereocenters. The third kappa shape index (κ3) is 4.05. The molecule has 4 heteroatoms. The maximum absolute atomic E-state index is 12.7. The lowest BCUT2D eigenvalue weighted by Crippen LogP contribution is -2.17. The van der Waals surface area contributed by atoms with Crippen molar-refractivity contribution in [3.63, 3.8) is 0 Å². The monoisotopic (exact) mass is 262 g/mol. The molecular weight excluding hydrogens is 247 g/mol. The molecule has 0 saturated carbocycles. The van der Waals surface area contributed by atoms with Crippen LogP contribution < -0.4 is 0 Å². The van der Waals surface area contributed by atoms with E-state index in [2.05, 4.69) is 21.3 Å². The van der Waals surface area contributed by atoms with Gasteiger partial charge in [-0.15, -0.1) is 11.3 Å². The molecule has 0 radical (unpaired) electrons. The van der Waals surface area contributed by atoms with Gasteiger partial charge in [0.25, 0.3) is 0 Å². The van der Waals surface area contributed by atoms with Crippen LogP contribution in [0.3, 0.4) is 0 Å². The van der Waals surface area contributed by atoms with E-state index >= 15 is 0 Å². The minimum atomic E-state index is -0.201. The Morgan fingerprint density at radius 3 is 2.78 bits per heavy atom. The van der Waals surface area contributed by atoms with E-state index < -0.39 is 0 Å². The topological polar surface area (TPSA) is 16.1 Å². The molecule has 0 aliphatic heterocycles. The molecule has 0 unspecified atom stereocenters. The maximum Gasteiger partial charge on any atom is 0.123 e. The van der Waals surface area contributed by atoms with Crippen molar-refractivity contribution in [2.24, 2.45) is 0 Å². The van der Waals surface area contributed by atoms with E-state index in [1.165, 1.54) is 12.1 Å². The zero-order chi connectivity index (χ0) is 12.8. The average molecular weight is 262 g/mol. The number of benzene rings is 1. The predicted molar refractivity (Wildman–Crippen MR) is 73.9 cm³/mol. The molecule has 94 valence electrons. The van der Waals surface area contributed by atoms with Crippen LogP contribution in [0.25, 0.3) is 6.08 Å². The van der Waals surface area contributed by atoms with Gasteiger partial charge in [-0.2, -0.15) is 0 Å². The van der Waals surface area contributed by atoms with E-state index in [-0.39, 0.29) is 5.82 Å². The van der Waals surface area contributed by atoms with E-state index in [0.717, 1.165) is 24.3 Å². The predicted octanol–water partition coefficient (Wildman–Crippen LogP) is 3.43. The summed E-state index contributed by atoms with van der Waals surface area (Å²) in [5.74, 6) is -0.201. The Labute approximate surface area is 110 Å². The first kappa shape index (κ1) is 12.9. The van der Waals surface area contributed by atoms with Gasteiger partial charge in [-0.25, -0.2) is 9.37 Å². The molecule has 0 aliphatic carbocycles. The van der Waals surface area contributed by atoms with Crippen LogP contribution in [0, 0.1) is 5.82 Å². The van der Waals surface area contributed by atoms with Crippen molar-refractivity contribution in [2.75, 3.05) is 13.6 Å². The Morgan fingerprint density at radius 2 is 2.11 bits per heavy atom. The molecule has 0 amide bonds. The molecule has 1 heterocycles. The van der Waals surface area contributed by atoms with Gasteiger partial charge < -0.3 is 0 Å². The van der Waals surface area contributed by atoms with Gasteiger partial charge in [0.15, 0.2) is 0 Å². The SMILES string of the molecule is CN(CC=Cc1ccc(F)cc1)Cc1cscn1. The third-order valence-corrected chi connectivity index (χ3v) is 3.15. The fraction of sp³-hybridized carbons (Fsp3) is 0.214. The largest absolute Gasteiger partial charge is 0.297 e. The van der Waals surface area contributed by atoms with E-state index in [0.29, 0.717) is 0 Å². The molecule has 0 bridgehead atoms. The van der Waals surface area contributed by atoms with E-state index in [9.17, 15) is 4.39 Å². The first-order valence-electron chi connectivity index (χ1n) is 5.72. The van der Waals surface area contributed by atoms with Gasteiger partial charge in [-0.3, -0.25) is 4.90 Å². The van der Waals surface area contributed by atoms with Gasteiger partial charge in [0.2, 0.25) is 0 Å². The van der Waals surface area contributed by atoms with Crippen LogP contribution in [0.4, 0.5) is 4.39 Å². The van der Waals surface area contributed by atoms with Gasteiger partial charge >= 0.3 is 0 Å². The summed E-state index contributed by atoms with van der Waals surface area (Å²) in [6.45, 7) is 1.69. The Balaban J connectivity index is 1.81. The quantitative estimate of drug-likeness (QED) is 0.820.